The molecular formula is C19H30N2O. The summed E-state index contributed by atoms with van der Waals surface area (Å²) >= 11 is 0. The molecule has 0 aliphatic rings. The third-order valence-electron chi connectivity index (χ3n) is 3.82. The van der Waals surface area contributed by atoms with Crippen molar-refractivity contribution in [1.29, 1.82) is 0 Å². The highest BCUT2D eigenvalue weighted by Crippen LogP contribution is 2.11. The minimum Gasteiger partial charge on any atom is -0.273 e. The Kier molecular flexibility index (Phi) is 10.0. The highest BCUT2D eigenvalue weighted by molar-refractivity contribution is 5.77. The third kappa shape index (κ3) is 8.60. The van der Waals surface area contributed by atoms with Crippen LogP contribution in [0.15, 0.2) is 35.4 Å². The second kappa shape index (κ2) is 12.0. The third-order valence-corrected chi connectivity index (χ3v) is 3.82. The standard InChI is InChI=1S/C19H30N2O/c1-3-4-5-6-7-8-12-15-19(22)21-20-16-17(2)18-13-10-9-11-14-18/h9-11,13-14,16-17H,3-8,12,15H2,1-2H3,(H,21,22). The molecule has 0 aliphatic carbocycles. The van der Waals surface area contributed by atoms with Crippen LogP contribution in [0.5, 0.6) is 0 Å². The summed E-state index contributed by atoms with van der Waals surface area (Å²) in [6, 6.07) is 10.2. The van der Waals surface area contributed by atoms with E-state index >= 15 is 0 Å². The fraction of sp³-hybridized carbons (Fsp3) is 0.579. The van der Waals surface area contributed by atoms with E-state index in [2.05, 4.69) is 36.5 Å². The molecule has 1 unspecified atom stereocenters. The van der Waals surface area contributed by atoms with E-state index in [4.69, 9.17) is 0 Å². The molecule has 0 saturated carbocycles. The first-order valence-electron chi connectivity index (χ1n) is 8.61. The molecule has 22 heavy (non-hydrogen) atoms. The molecule has 1 rings (SSSR count). The highest BCUT2D eigenvalue weighted by atomic mass is 16.2. The summed E-state index contributed by atoms with van der Waals surface area (Å²) in [6.45, 7) is 4.30. The van der Waals surface area contributed by atoms with Crippen LogP contribution < -0.4 is 5.43 Å². The van der Waals surface area contributed by atoms with Gasteiger partial charge in [0.1, 0.15) is 0 Å². The van der Waals surface area contributed by atoms with Gasteiger partial charge in [0.25, 0.3) is 0 Å². The Bertz CT molecular complexity index is 428. The predicted molar refractivity (Wildman–Crippen MR) is 94.1 cm³/mol. The van der Waals surface area contributed by atoms with Crippen molar-refractivity contribution in [1.82, 2.24) is 5.43 Å². The van der Waals surface area contributed by atoms with Crippen molar-refractivity contribution >= 4 is 12.1 Å². The molecular weight excluding hydrogens is 272 g/mol. The molecule has 0 aliphatic heterocycles. The lowest BCUT2D eigenvalue weighted by molar-refractivity contribution is -0.121. The van der Waals surface area contributed by atoms with Gasteiger partial charge in [-0.1, -0.05) is 82.7 Å². The number of nitrogens with zero attached hydrogens (tertiary/aromatic N) is 1. The molecule has 1 N–H and O–H groups in total. The zero-order chi connectivity index (χ0) is 16.0. The van der Waals surface area contributed by atoms with Crippen molar-refractivity contribution in [2.75, 3.05) is 0 Å². The fourth-order valence-electron chi connectivity index (χ4n) is 2.36. The summed E-state index contributed by atoms with van der Waals surface area (Å²) in [5, 5.41) is 4.06. The van der Waals surface area contributed by atoms with E-state index in [1.807, 2.05) is 18.2 Å². The van der Waals surface area contributed by atoms with Crippen LogP contribution in [0.4, 0.5) is 0 Å². The van der Waals surface area contributed by atoms with Crippen molar-refractivity contribution in [2.45, 2.75) is 71.1 Å². The van der Waals surface area contributed by atoms with Gasteiger partial charge >= 0.3 is 0 Å². The molecule has 1 atom stereocenters. The van der Waals surface area contributed by atoms with Crippen LogP contribution >= 0.6 is 0 Å². The number of unbranched alkanes of at least 4 members (excludes halogenated alkanes) is 6. The van der Waals surface area contributed by atoms with Gasteiger partial charge < -0.3 is 0 Å². The molecule has 1 amide bonds. The van der Waals surface area contributed by atoms with E-state index < -0.39 is 0 Å². The highest BCUT2D eigenvalue weighted by Gasteiger charge is 2.02. The van der Waals surface area contributed by atoms with Crippen LogP contribution in [0.3, 0.4) is 0 Å². The number of rotatable bonds is 11. The number of hydrogen-bond acceptors (Lipinski definition) is 2. The minimum absolute atomic E-state index is 0.0186. The topological polar surface area (TPSA) is 41.5 Å². The minimum atomic E-state index is 0.0186. The van der Waals surface area contributed by atoms with Crippen LogP contribution in [0.25, 0.3) is 0 Å². The Balaban J connectivity index is 2.09. The van der Waals surface area contributed by atoms with Crippen molar-refractivity contribution in [3.05, 3.63) is 35.9 Å². The monoisotopic (exact) mass is 302 g/mol. The number of hydrazone groups is 1. The summed E-state index contributed by atoms with van der Waals surface area (Å²) < 4.78 is 0. The van der Waals surface area contributed by atoms with Gasteiger partial charge in [0, 0.05) is 18.6 Å². The lowest BCUT2D eigenvalue weighted by Crippen LogP contribution is -2.17. The number of nitrogens with one attached hydrogen (secondary N) is 1. The van der Waals surface area contributed by atoms with Gasteiger partial charge in [-0.05, 0) is 12.0 Å². The average molecular weight is 302 g/mol. The first-order chi connectivity index (χ1) is 10.7. The van der Waals surface area contributed by atoms with Crippen LogP contribution in [-0.4, -0.2) is 12.1 Å². The van der Waals surface area contributed by atoms with E-state index in [1.54, 1.807) is 6.21 Å². The van der Waals surface area contributed by atoms with Gasteiger partial charge in [0.2, 0.25) is 5.91 Å². The summed E-state index contributed by atoms with van der Waals surface area (Å²) in [5.41, 5.74) is 3.83. The normalized spacial score (nSPS) is 12.5. The molecule has 122 valence electrons. The molecule has 1 aromatic carbocycles. The van der Waals surface area contributed by atoms with Gasteiger partial charge in [-0.3, -0.25) is 4.79 Å². The largest absolute Gasteiger partial charge is 0.273 e. The smallest absolute Gasteiger partial charge is 0.240 e. The Labute approximate surface area is 135 Å². The van der Waals surface area contributed by atoms with E-state index in [0.29, 0.717) is 6.42 Å². The molecule has 0 spiro atoms. The summed E-state index contributed by atoms with van der Waals surface area (Å²) in [6.07, 6.45) is 10.9. The molecule has 3 heteroatoms. The van der Waals surface area contributed by atoms with Gasteiger partial charge in [-0.2, -0.15) is 5.10 Å². The van der Waals surface area contributed by atoms with E-state index in [9.17, 15) is 4.79 Å². The average Bonchev–Trinajstić information content (AvgIpc) is 2.54. The van der Waals surface area contributed by atoms with E-state index in [1.165, 1.54) is 37.7 Å². The van der Waals surface area contributed by atoms with Crippen LogP contribution in [0, 0.1) is 0 Å². The van der Waals surface area contributed by atoms with Crippen LogP contribution in [0.2, 0.25) is 0 Å². The zero-order valence-corrected chi connectivity index (χ0v) is 14.1. The summed E-state index contributed by atoms with van der Waals surface area (Å²) in [4.78, 5) is 11.7. The molecule has 1 aromatic rings. The Morgan fingerprint density at radius 3 is 2.41 bits per heavy atom. The Morgan fingerprint density at radius 1 is 1.09 bits per heavy atom. The Morgan fingerprint density at radius 2 is 1.73 bits per heavy atom. The lowest BCUT2D eigenvalue weighted by atomic mass is 10.0. The maximum Gasteiger partial charge on any atom is 0.240 e. The molecule has 0 fully saturated rings. The van der Waals surface area contributed by atoms with Gasteiger partial charge in [-0.25, -0.2) is 5.43 Å². The predicted octanol–water partition coefficient (Wildman–Crippen LogP) is 5.03. The van der Waals surface area contributed by atoms with Gasteiger partial charge in [0.15, 0.2) is 0 Å². The van der Waals surface area contributed by atoms with Gasteiger partial charge in [-0.15, -0.1) is 0 Å². The number of benzene rings is 1. The number of carbonyl (C=O) groups excluding carboxylic acids is 1. The van der Waals surface area contributed by atoms with Crippen LogP contribution in [-0.2, 0) is 4.79 Å². The second-order valence-corrected chi connectivity index (χ2v) is 5.88. The zero-order valence-electron chi connectivity index (χ0n) is 14.1. The maximum atomic E-state index is 11.7. The summed E-state index contributed by atoms with van der Waals surface area (Å²) in [7, 11) is 0. The van der Waals surface area contributed by atoms with Gasteiger partial charge in [0.05, 0.1) is 0 Å². The number of amides is 1. The Hall–Kier alpha value is -1.64. The van der Waals surface area contributed by atoms with Crippen molar-refractivity contribution in [3.8, 4) is 0 Å². The number of carbonyl (C=O) groups is 1. The lowest BCUT2D eigenvalue weighted by Gasteiger charge is -2.05. The molecule has 0 bridgehead atoms. The number of hydrogen-bond donors (Lipinski definition) is 1. The molecule has 0 radical (unpaired) electrons. The van der Waals surface area contributed by atoms with Crippen molar-refractivity contribution in [2.24, 2.45) is 5.10 Å². The quantitative estimate of drug-likeness (QED) is 0.347. The first kappa shape index (κ1) is 18.4. The summed E-state index contributed by atoms with van der Waals surface area (Å²) in [5.74, 6) is 0.227. The fourth-order valence-corrected chi connectivity index (χ4v) is 2.36. The first-order valence-corrected chi connectivity index (χ1v) is 8.61. The van der Waals surface area contributed by atoms with Crippen molar-refractivity contribution < 1.29 is 4.79 Å². The van der Waals surface area contributed by atoms with Crippen molar-refractivity contribution in [3.63, 3.8) is 0 Å². The molecule has 0 saturated heterocycles. The maximum absolute atomic E-state index is 11.7. The molecule has 0 aromatic heterocycles. The van der Waals surface area contributed by atoms with E-state index in [0.717, 1.165) is 12.8 Å². The molecule has 0 heterocycles. The SMILES string of the molecule is CCCCCCCCCC(=O)NN=CC(C)c1ccccc1. The second-order valence-electron chi connectivity index (χ2n) is 5.88. The van der Waals surface area contributed by atoms with E-state index in [-0.39, 0.29) is 11.8 Å². The molecule has 3 nitrogen and oxygen atoms in total. The van der Waals surface area contributed by atoms with Crippen LogP contribution in [0.1, 0.15) is 76.7 Å².